The summed E-state index contributed by atoms with van der Waals surface area (Å²) in [5, 5.41) is 10.9. The monoisotopic (exact) mass is 239 g/mol. The second-order valence-electron chi connectivity index (χ2n) is 3.86. The summed E-state index contributed by atoms with van der Waals surface area (Å²) in [5.41, 5.74) is -1.38. The highest BCUT2D eigenvalue weighted by Crippen LogP contribution is 2.46. The molecule has 1 fully saturated rings. The minimum Gasteiger partial charge on any atom is -0.480 e. The molecule has 7 heteroatoms. The Morgan fingerprint density at radius 3 is 2.25 bits per heavy atom. The van der Waals surface area contributed by atoms with Gasteiger partial charge in [-0.2, -0.15) is 13.2 Å². The zero-order valence-corrected chi connectivity index (χ0v) is 8.43. The van der Waals surface area contributed by atoms with Gasteiger partial charge in [0.2, 0.25) is 5.91 Å². The number of hydrogen-bond donors (Lipinski definition) is 2. The summed E-state index contributed by atoms with van der Waals surface area (Å²) in [6, 6.07) is 0. The lowest BCUT2D eigenvalue weighted by atomic mass is 10.1. The first-order chi connectivity index (χ1) is 7.28. The van der Waals surface area contributed by atoms with Crippen molar-refractivity contribution < 1.29 is 27.9 Å². The summed E-state index contributed by atoms with van der Waals surface area (Å²) in [6.07, 6.45) is -4.94. The maximum atomic E-state index is 11.7. The number of hydrogen-bond acceptors (Lipinski definition) is 2. The summed E-state index contributed by atoms with van der Waals surface area (Å²) in [7, 11) is 0. The molecular weight excluding hydrogens is 227 g/mol. The van der Waals surface area contributed by atoms with Gasteiger partial charge < -0.3 is 10.4 Å². The number of halogens is 3. The molecule has 0 aliphatic heterocycles. The number of aliphatic carboxylic acids is 1. The molecule has 1 saturated carbocycles. The van der Waals surface area contributed by atoms with Gasteiger partial charge in [-0.15, -0.1) is 0 Å². The molecule has 0 aromatic rings. The Hall–Kier alpha value is -1.27. The Kier molecular flexibility index (Phi) is 3.44. The van der Waals surface area contributed by atoms with Crippen molar-refractivity contribution in [2.24, 2.45) is 5.41 Å². The second-order valence-corrected chi connectivity index (χ2v) is 3.86. The lowest BCUT2D eigenvalue weighted by molar-refractivity contribution is -0.149. The molecule has 0 aromatic carbocycles. The summed E-state index contributed by atoms with van der Waals surface area (Å²) in [4.78, 5) is 22.0. The molecule has 1 aliphatic rings. The van der Waals surface area contributed by atoms with E-state index >= 15 is 0 Å². The van der Waals surface area contributed by atoms with E-state index in [1.807, 2.05) is 0 Å². The Bertz CT molecular complexity index is 297. The van der Waals surface area contributed by atoms with E-state index in [2.05, 4.69) is 5.32 Å². The largest absolute Gasteiger partial charge is 0.480 e. The molecule has 1 amide bonds. The van der Waals surface area contributed by atoms with E-state index in [1.165, 1.54) is 0 Å². The molecule has 0 radical (unpaired) electrons. The maximum Gasteiger partial charge on any atom is 0.389 e. The minimum absolute atomic E-state index is 0.145. The quantitative estimate of drug-likeness (QED) is 0.561. The summed E-state index contributed by atoms with van der Waals surface area (Å²) < 4.78 is 35.2. The van der Waals surface area contributed by atoms with Gasteiger partial charge in [0.1, 0.15) is 5.41 Å². The highest BCUT2D eigenvalue weighted by atomic mass is 19.4. The number of amides is 1. The van der Waals surface area contributed by atoms with Crippen molar-refractivity contribution in [3.8, 4) is 0 Å². The third-order valence-electron chi connectivity index (χ3n) is 2.52. The van der Waals surface area contributed by atoms with Gasteiger partial charge in [-0.3, -0.25) is 9.59 Å². The van der Waals surface area contributed by atoms with Crippen LogP contribution in [0.5, 0.6) is 0 Å². The van der Waals surface area contributed by atoms with Crippen LogP contribution in [0.15, 0.2) is 0 Å². The van der Waals surface area contributed by atoms with Gasteiger partial charge >= 0.3 is 12.1 Å². The van der Waals surface area contributed by atoms with Crippen molar-refractivity contribution in [3.63, 3.8) is 0 Å². The highest BCUT2D eigenvalue weighted by molar-refractivity contribution is 6.04. The SMILES string of the molecule is O=C(O)C1(C(=O)NCCCC(F)(F)F)CC1. The molecule has 0 spiro atoms. The number of carbonyl (C=O) groups is 2. The van der Waals surface area contributed by atoms with Crippen LogP contribution in [0.2, 0.25) is 0 Å². The molecule has 0 heterocycles. The van der Waals surface area contributed by atoms with Crippen molar-refractivity contribution in [1.82, 2.24) is 5.32 Å². The van der Waals surface area contributed by atoms with Gasteiger partial charge in [0.05, 0.1) is 0 Å². The first kappa shape index (κ1) is 12.8. The van der Waals surface area contributed by atoms with E-state index in [0.29, 0.717) is 0 Å². The molecule has 1 aliphatic carbocycles. The number of carboxylic acid groups (broad SMARTS) is 1. The molecule has 2 N–H and O–H groups in total. The van der Waals surface area contributed by atoms with Crippen LogP contribution in [0.4, 0.5) is 13.2 Å². The van der Waals surface area contributed by atoms with Crippen molar-refractivity contribution >= 4 is 11.9 Å². The molecule has 0 saturated heterocycles. The van der Waals surface area contributed by atoms with Crippen LogP contribution in [-0.2, 0) is 9.59 Å². The maximum absolute atomic E-state index is 11.7. The predicted molar refractivity (Wildman–Crippen MR) is 47.6 cm³/mol. The molecular formula is C9H12F3NO3. The van der Waals surface area contributed by atoms with Crippen LogP contribution in [0, 0.1) is 5.41 Å². The Balaban J connectivity index is 2.24. The predicted octanol–water partition coefficient (Wildman–Crippen LogP) is 1.31. The van der Waals surface area contributed by atoms with Crippen molar-refractivity contribution in [2.45, 2.75) is 31.9 Å². The van der Waals surface area contributed by atoms with Gasteiger partial charge in [-0.05, 0) is 19.3 Å². The average Bonchev–Trinajstić information content (AvgIpc) is 2.90. The number of alkyl halides is 3. The van der Waals surface area contributed by atoms with E-state index in [-0.39, 0.29) is 25.8 Å². The number of nitrogens with one attached hydrogen (secondary N) is 1. The summed E-state index contributed by atoms with van der Waals surface area (Å²) in [5.74, 6) is -1.89. The van der Waals surface area contributed by atoms with Crippen LogP contribution in [0.1, 0.15) is 25.7 Å². The van der Waals surface area contributed by atoms with Gasteiger partial charge in [0.15, 0.2) is 0 Å². The van der Waals surface area contributed by atoms with E-state index in [4.69, 9.17) is 5.11 Å². The Morgan fingerprint density at radius 1 is 1.31 bits per heavy atom. The van der Waals surface area contributed by atoms with Crippen LogP contribution >= 0.6 is 0 Å². The van der Waals surface area contributed by atoms with E-state index in [9.17, 15) is 22.8 Å². The van der Waals surface area contributed by atoms with Crippen molar-refractivity contribution in [2.75, 3.05) is 6.54 Å². The zero-order valence-electron chi connectivity index (χ0n) is 8.43. The molecule has 92 valence electrons. The van der Waals surface area contributed by atoms with Crippen LogP contribution in [0.3, 0.4) is 0 Å². The van der Waals surface area contributed by atoms with E-state index in [1.54, 1.807) is 0 Å². The first-order valence-electron chi connectivity index (χ1n) is 4.86. The van der Waals surface area contributed by atoms with Gasteiger partial charge in [-0.25, -0.2) is 0 Å². The lowest BCUT2D eigenvalue weighted by Gasteiger charge is -2.11. The van der Waals surface area contributed by atoms with Crippen molar-refractivity contribution in [3.05, 3.63) is 0 Å². The van der Waals surface area contributed by atoms with Gasteiger partial charge in [-0.1, -0.05) is 0 Å². The molecule has 1 rings (SSSR count). The third-order valence-corrected chi connectivity index (χ3v) is 2.52. The fourth-order valence-electron chi connectivity index (χ4n) is 1.32. The second kappa shape index (κ2) is 4.31. The Labute approximate surface area is 89.8 Å². The van der Waals surface area contributed by atoms with Crippen LogP contribution in [0.25, 0.3) is 0 Å². The first-order valence-corrected chi connectivity index (χ1v) is 4.86. The zero-order chi connectivity index (χ0) is 12.4. The third kappa shape index (κ3) is 3.11. The average molecular weight is 239 g/mol. The Morgan fingerprint density at radius 2 is 1.88 bits per heavy atom. The van der Waals surface area contributed by atoms with Gasteiger partial charge in [0.25, 0.3) is 0 Å². The lowest BCUT2D eigenvalue weighted by Crippen LogP contribution is -2.37. The van der Waals surface area contributed by atoms with Gasteiger partial charge in [0, 0.05) is 13.0 Å². The number of rotatable bonds is 5. The molecule has 0 unspecified atom stereocenters. The number of carboxylic acids is 1. The fourth-order valence-corrected chi connectivity index (χ4v) is 1.32. The summed E-state index contributed by atoms with van der Waals surface area (Å²) in [6.45, 7) is -0.145. The van der Waals surface area contributed by atoms with Crippen LogP contribution < -0.4 is 5.32 Å². The molecule has 0 bridgehead atoms. The molecule has 0 atom stereocenters. The fraction of sp³-hybridized carbons (Fsp3) is 0.778. The highest BCUT2D eigenvalue weighted by Gasteiger charge is 2.56. The smallest absolute Gasteiger partial charge is 0.389 e. The molecule has 0 aromatic heterocycles. The minimum atomic E-state index is -4.24. The molecule has 4 nitrogen and oxygen atoms in total. The van der Waals surface area contributed by atoms with Crippen LogP contribution in [-0.4, -0.2) is 29.7 Å². The van der Waals surface area contributed by atoms with E-state index in [0.717, 1.165) is 0 Å². The number of carbonyl (C=O) groups excluding carboxylic acids is 1. The topological polar surface area (TPSA) is 66.4 Å². The van der Waals surface area contributed by atoms with Crippen molar-refractivity contribution in [1.29, 1.82) is 0 Å². The molecule has 16 heavy (non-hydrogen) atoms. The summed E-state index contributed by atoms with van der Waals surface area (Å²) >= 11 is 0. The standard InChI is InChI=1S/C9H12F3NO3/c10-9(11,12)2-1-5-13-6(14)8(3-4-8)7(15)16/h1-5H2,(H,13,14)(H,15,16). The normalized spacial score (nSPS) is 17.9. The van der Waals surface area contributed by atoms with E-state index < -0.39 is 29.9 Å².